The zero-order valence-electron chi connectivity index (χ0n) is 12.0. The molecule has 0 bridgehead atoms. The SMILES string of the molecule is CC(C)(c1ccc(F)cc1)c1nc(-c2ccccc2)cs1. The van der Waals surface area contributed by atoms with Crippen molar-refractivity contribution < 1.29 is 4.39 Å². The molecule has 0 atom stereocenters. The maximum atomic E-state index is 13.1. The molecule has 106 valence electrons. The second-order valence-corrected chi connectivity index (χ2v) is 6.39. The molecular weight excluding hydrogens is 281 g/mol. The number of hydrogen-bond acceptors (Lipinski definition) is 2. The molecule has 3 heteroatoms. The highest BCUT2D eigenvalue weighted by atomic mass is 32.1. The van der Waals surface area contributed by atoms with Gasteiger partial charge >= 0.3 is 0 Å². The van der Waals surface area contributed by atoms with Crippen molar-refractivity contribution in [2.24, 2.45) is 0 Å². The van der Waals surface area contributed by atoms with E-state index in [9.17, 15) is 4.39 Å². The number of nitrogens with zero attached hydrogens (tertiary/aromatic N) is 1. The van der Waals surface area contributed by atoms with Crippen LogP contribution in [0.5, 0.6) is 0 Å². The first-order chi connectivity index (χ1) is 10.1. The van der Waals surface area contributed by atoms with E-state index >= 15 is 0 Å². The quantitative estimate of drug-likeness (QED) is 0.641. The molecule has 0 aliphatic rings. The van der Waals surface area contributed by atoms with Gasteiger partial charge in [-0.2, -0.15) is 0 Å². The summed E-state index contributed by atoms with van der Waals surface area (Å²) in [6, 6.07) is 16.8. The Kier molecular flexibility index (Phi) is 3.60. The fourth-order valence-corrected chi connectivity index (χ4v) is 3.27. The topological polar surface area (TPSA) is 12.9 Å². The second kappa shape index (κ2) is 5.41. The highest BCUT2D eigenvalue weighted by molar-refractivity contribution is 7.10. The lowest BCUT2D eigenvalue weighted by Crippen LogP contribution is -2.18. The molecule has 0 saturated heterocycles. The monoisotopic (exact) mass is 297 g/mol. The number of hydrogen-bond donors (Lipinski definition) is 0. The van der Waals surface area contributed by atoms with Crippen LogP contribution in [0, 0.1) is 5.82 Å². The van der Waals surface area contributed by atoms with E-state index in [1.165, 1.54) is 12.1 Å². The Morgan fingerprint density at radius 1 is 0.952 bits per heavy atom. The molecule has 0 fully saturated rings. The summed E-state index contributed by atoms with van der Waals surface area (Å²) in [5.41, 5.74) is 2.95. The van der Waals surface area contributed by atoms with E-state index in [1.54, 1.807) is 11.3 Å². The average Bonchev–Trinajstić information content (AvgIpc) is 2.99. The summed E-state index contributed by atoms with van der Waals surface area (Å²) in [5.74, 6) is -0.210. The Morgan fingerprint density at radius 3 is 2.29 bits per heavy atom. The number of aromatic nitrogens is 1. The van der Waals surface area contributed by atoms with Crippen LogP contribution in [0.25, 0.3) is 11.3 Å². The van der Waals surface area contributed by atoms with Crippen LogP contribution < -0.4 is 0 Å². The minimum atomic E-state index is -0.231. The van der Waals surface area contributed by atoms with Gasteiger partial charge in [0.05, 0.1) is 5.69 Å². The van der Waals surface area contributed by atoms with Crippen molar-refractivity contribution in [1.82, 2.24) is 4.98 Å². The van der Waals surface area contributed by atoms with Crippen molar-refractivity contribution in [3.05, 3.63) is 76.4 Å². The molecular formula is C18H16FNS. The van der Waals surface area contributed by atoms with Crippen LogP contribution >= 0.6 is 11.3 Å². The predicted octanol–water partition coefficient (Wildman–Crippen LogP) is 5.28. The summed E-state index contributed by atoms with van der Waals surface area (Å²) in [7, 11) is 0. The van der Waals surface area contributed by atoms with Crippen LogP contribution in [-0.2, 0) is 5.41 Å². The first kappa shape index (κ1) is 14.0. The van der Waals surface area contributed by atoms with Crippen LogP contribution in [0.1, 0.15) is 24.4 Å². The van der Waals surface area contributed by atoms with E-state index in [4.69, 9.17) is 4.98 Å². The molecule has 0 amide bonds. The van der Waals surface area contributed by atoms with Crippen molar-refractivity contribution in [2.45, 2.75) is 19.3 Å². The summed E-state index contributed by atoms with van der Waals surface area (Å²) in [5, 5.41) is 3.11. The van der Waals surface area contributed by atoms with Crippen LogP contribution in [0.2, 0.25) is 0 Å². The van der Waals surface area contributed by atoms with Crippen LogP contribution in [0.4, 0.5) is 4.39 Å². The third kappa shape index (κ3) is 2.74. The second-order valence-electron chi connectivity index (χ2n) is 5.54. The van der Waals surface area contributed by atoms with Gasteiger partial charge in [0.2, 0.25) is 0 Å². The molecule has 1 aromatic heterocycles. The Labute approximate surface area is 128 Å². The molecule has 21 heavy (non-hydrogen) atoms. The summed E-state index contributed by atoms with van der Waals surface area (Å²) in [6.07, 6.45) is 0. The van der Waals surface area contributed by atoms with Gasteiger partial charge in [-0.25, -0.2) is 9.37 Å². The molecule has 0 saturated carbocycles. The average molecular weight is 297 g/mol. The van der Waals surface area contributed by atoms with Gasteiger partial charge < -0.3 is 0 Å². The van der Waals surface area contributed by atoms with Gasteiger partial charge in [0.15, 0.2) is 0 Å². The number of halogens is 1. The van der Waals surface area contributed by atoms with Crippen molar-refractivity contribution in [3.63, 3.8) is 0 Å². The summed E-state index contributed by atoms with van der Waals surface area (Å²) >= 11 is 1.65. The molecule has 0 N–H and O–H groups in total. The lowest BCUT2D eigenvalue weighted by Gasteiger charge is -2.22. The van der Waals surface area contributed by atoms with Crippen molar-refractivity contribution in [3.8, 4) is 11.3 Å². The van der Waals surface area contributed by atoms with E-state index in [1.807, 2.05) is 30.3 Å². The third-order valence-corrected chi connectivity index (χ3v) is 4.84. The van der Waals surface area contributed by atoms with Gasteiger partial charge in [0.1, 0.15) is 10.8 Å². The third-order valence-electron chi connectivity index (χ3n) is 3.67. The Balaban J connectivity index is 1.97. The van der Waals surface area contributed by atoms with E-state index in [0.717, 1.165) is 21.8 Å². The Hall–Kier alpha value is -2.00. The predicted molar refractivity (Wildman–Crippen MR) is 86.1 cm³/mol. The van der Waals surface area contributed by atoms with Gasteiger partial charge in [0, 0.05) is 16.4 Å². The van der Waals surface area contributed by atoms with Crippen LogP contribution in [0.3, 0.4) is 0 Å². The number of thiazole rings is 1. The summed E-state index contributed by atoms with van der Waals surface area (Å²) in [6.45, 7) is 4.24. The normalized spacial score (nSPS) is 11.6. The van der Waals surface area contributed by atoms with Gasteiger partial charge in [-0.05, 0) is 31.5 Å². The molecule has 1 heterocycles. The molecule has 0 radical (unpaired) electrons. The number of rotatable bonds is 3. The van der Waals surface area contributed by atoms with Gasteiger partial charge in [0.25, 0.3) is 0 Å². The first-order valence-electron chi connectivity index (χ1n) is 6.85. The molecule has 1 nitrogen and oxygen atoms in total. The summed E-state index contributed by atoms with van der Waals surface area (Å²) < 4.78 is 13.1. The zero-order chi connectivity index (χ0) is 14.9. The molecule has 0 aliphatic heterocycles. The molecule has 3 rings (SSSR count). The zero-order valence-corrected chi connectivity index (χ0v) is 12.8. The highest BCUT2D eigenvalue weighted by Crippen LogP contribution is 2.35. The van der Waals surface area contributed by atoms with E-state index in [-0.39, 0.29) is 11.2 Å². The van der Waals surface area contributed by atoms with Crippen molar-refractivity contribution in [1.29, 1.82) is 0 Å². The van der Waals surface area contributed by atoms with E-state index < -0.39 is 0 Å². The molecule has 3 aromatic rings. The largest absolute Gasteiger partial charge is 0.240 e. The first-order valence-corrected chi connectivity index (χ1v) is 7.73. The minimum absolute atomic E-state index is 0.210. The standard InChI is InChI=1S/C18H16FNS/c1-18(2,14-8-10-15(19)11-9-14)17-20-16(12-21-17)13-6-4-3-5-7-13/h3-12H,1-2H3. The highest BCUT2D eigenvalue weighted by Gasteiger charge is 2.26. The molecule has 0 aliphatic carbocycles. The minimum Gasteiger partial charge on any atom is -0.240 e. The van der Waals surface area contributed by atoms with Crippen LogP contribution in [0.15, 0.2) is 60.0 Å². The lowest BCUT2D eigenvalue weighted by molar-refractivity contribution is 0.612. The Bertz CT molecular complexity index is 729. The molecule has 0 unspecified atom stereocenters. The van der Waals surface area contributed by atoms with Crippen molar-refractivity contribution >= 4 is 11.3 Å². The van der Waals surface area contributed by atoms with Gasteiger partial charge in [-0.3, -0.25) is 0 Å². The van der Waals surface area contributed by atoms with Gasteiger partial charge in [-0.1, -0.05) is 42.5 Å². The lowest BCUT2D eigenvalue weighted by atomic mass is 9.85. The maximum Gasteiger partial charge on any atom is 0.123 e. The fraction of sp³-hybridized carbons (Fsp3) is 0.167. The fourth-order valence-electron chi connectivity index (χ4n) is 2.29. The van der Waals surface area contributed by atoms with Crippen molar-refractivity contribution in [2.75, 3.05) is 0 Å². The summed E-state index contributed by atoms with van der Waals surface area (Å²) in [4.78, 5) is 4.78. The smallest absolute Gasteiger partial charge is 0.123 e. The number of benzene rings is 2. The van der Waals surface area contributed by atoms with Gasteiger partial charge in [-0.15, -0.1) is 11.3 Å². The maximum absolute atomic E-state index is 13.1. The van der Waals surface area contributed by atoms with E-state index in [2.05, 4.69) is 31.4 Å². The Morgan fingerprint density at radius 2 is 1.62 bits per heavy atom. The van der Waals surface area contributed by atoms with Crippen LogP contribution in [-0.4, -0.2) is 4.98 Å². The molecule has 2 aromatic carbocycles. The van der Waals surface area contributed by atoms with E-state index in [0.29, 0.717) is 0 Å². The molecule has 0 spiro atoms.